The molecule has 0 aromatic heterocycles. The third kappa shape index (κ3) is 4.96. The van der Waals surface area contributed by atoms with Gasteiger partial charge in [-0.2, -0.15) is 0 Å². The van der Waals surface area contributed by atoms with Gasteiger partial charge in [-0.15, -0.1) is 0 Å². The first-order valence-electron chi connectivity index (χ1n) is 9.11. The molecular formula is C19H29N3O. The van der Waals surface area contributed by atoms with Crippen molar-refractivity contribution in [2.24, 2.45) is 10.7 Å². The number of fused-ring (bicyclic) bond motifs is 1. The van der Waals surface area contributed by atoms with E-state index in [0.29, 0.717) is 25.2 Å². The lowest BCUT2D eigenvalue weighted by Gasteiger charge is -2.14. The Morgan fingerprint density at radius 3 is 2.70 bits per heavy atom. The molecule has 1 aromatic carbocycles. The number of aliphatic imine (C=N–C) groups is 1. The molecule has 4 nitrogen and oxygen atoms in total. The molecule has 1 saturated carbocycles. The van der Waals surface area contributed by atoms with Crippen molar-refractivity contribution in [3.63, 3.8) is 0 Å². The van der Waals surface area contributed by atoms with Crippen LogP contribution in [-0.4, -0.2) is 25.2 Å². The number of rotatable bonds is 5. The first-order chi connectivity index (χ1) is 11.3. The van der Waals surface area contributed by atoms with Gasteiger partial charge in [0.2, 0.25) is 0 Å². The molecule has 1 fully saturated rings. The van der Waals surface area contributed by atoms with E-state index in [1.54, 1.807) is 0 Å². The van der Waals surface area contributed by atoms with Crippen molar-refractivity contribution in [1.82, 2.24) is 0 Å². The molecule has 0 aliphatic heterocycles. The zero-order valence-corrected chi connectivity index (χ0v) is 14.0. The van der Waals surface area contributed by atoms with Crippen LogP contribution in [0, 0.1) is 0 Å². The molecule has 23 heavy (non-hydrogen) atoms. The largest absolute Gasteiger partial charge is 0.376 e. The minimum absolute atomic E-state index is 0.429. The highest BCUT2D eigenvalue weighted by molar-refractivity contribution is 5.92. The van der Waals surface area contributed by atoms with Crippen LogP contribution in [0.3, 0.4) is 0 Å². The normalized spacial score (nSPS) is 19.4. The predicted molar refractivity (Wildman–Crippen MR) is 96.0 cm³/mol. The summed E-state index contributed by atoms with van der Waals surface area (Å²) in [6.45, 7) is 1.29. The number of benzene rings is 1. The molecular weight excluding hydrogens is 286 g/mol. The van der Waals surface area contributed by atoms with Crippen LogP contribution in [0.1, 0.15) is 56.1 Å². The lowest BCUT2D eigenvalue weighted by atomic mass is 10.1. The molecule has 3 rings (SSSR count). The molecule has 0 heterocycles. The van der Waals surface area contributed by atoms with Gasteiger partial charge < -0.3 is 15.8 Å². The zero-order valence-electron chi connectivity index (χ0n) is 14.0. The first kappa shape index (κ1) is 16.3. The van der Waals surface area contributed by atoms with Gasteiger partial charge in [0.1, 0.15) is 0 Å². The fraction of sp³-hybridized carbons (Fsp3) is 0.632. The van der Waals surface area contributed by atoms with Crippen LogP contribution in [0.5, 0.6) is 0 Å². The average Bonchev–Trinajstić information content (AvgIpc) is 2.86. The Bertz CT molecular complexity index is 533. The van der Waals surface area contributed by atoms with Crippen LogP contribution in [0.2, 0.25) is 0 Å². The Morgan fingerprint density at radius 1 is 1.09 bits per heavy atom. The number of hydrogen-bond donors (Lipinski definition) is 2. The maximum Gasteiger partial charge on any atom is 0.193 e. The third-order valence-electron chi connectivity index (χ3n) is 4.90. The smallest absolute Gasteiger partial charge is 0.193 e. The second-order valence-corrected chi connectivity index (χ2v) is 6.71. The molecule has 0 saturated heterocycles. The maximum absolute atomic E-state index is 5.98. The number of aryl methyl sites for hydroxylation is 2. The fourth-order valence-corrected chi connectivity index (χ4v) is 3.63. The van der Waals surface area contributed by atoms with Crippen LogP contribution >= 0.6 is 0 Å². The van der Waals surface area contributed by atoms with Crippen molar-refractivity contribution in [1.29, 1.82) is 0 Å². The zero-order chi connectivity index (χ0) is 15.9. The summed E-state index contributed by atoms with van der Waals surface area (Å²) in [5, 5.41) is 3.19. The van der Waals surface area contributed by atoms with Gasteiger partial charge in [-0.25, -0.2) is 0 Å². The molecule has 126 valence electrons. The van der Waals surface area contributed by atoms with E-state index < -0.39 is 0 Å². The number of nitrogens with two attached hydrogens (primary N) is 1. The lowest BCUT2D eigenvalue weighted by molar-refractivity contribution is 0.0487. The standard InChI is InChI=1S/C19H29N3O/c20-19(21-12-13-23-18-8-3-1-2-4-9-18)22-17-11-10-15-6-5-7-16(15)14-17/h10-11,14,18H,1-9,12-13H2,(H3,20,21,22). The van der Waals surface area contributed by atoms with Crippen molar-refractivity contribution >= 4 is 11.6 Å². The molecule has 1 aromatic rings. The molecule has 2 aliphatic carbocycles. The summed E-state index contributed by atoms with van der Waals surface area (Å²) >= 11 is 0. The van der Waals surface area contributed by atoms with Crippen LogP contribution in [0.15, 0.2) is 23.2 Å². The highest BCUT2D eigenvalue weighted by atomic mass is 16.5. The molecule has 0 unspecified atom stereocenters. The molecule has 4 heteroatoms. The number of hydrogen-bond acceptors (Lipinski definition) is 2. The fourth-order valence-electron chi connectivity index (χ4n) is 3.63. The van der Waals surface area contributed by atoms with Crippen LogP contribution < -0.4 is 11.1 Å². The summed E-state index contributed by atoms with van der Waals surface area (Å²) in [5.74, 6) is 0.479. The van der Waals surface area contributed by atoms with E-state index in [2.05, 4.69) is 28.5 Å². The molecule has 0 bridgehead atoms. The van der Waals surface area contributed by atoms with Gasteiger partial charge in [-0.3, -0.25) is 4.99 Å². The quantitative estimate of drug-likeness (QED) is 0.377. The lowest BCUT2D eigenvalue weighted by Crippen LogP contribution is -2.24. The minimum Gasteiger partial charge on any atom is -0.376 e. The molecule has 0 spiro atoms. The second kappa shape index (κ2) is 8.34. The van der Waals surface area contributed by atoms with E-state index >= 15 is 0 Å². The summed E-state index contributed by atoms with van der Waals surface area (Å²) in [6.07, 6.45) is 11.8. The molecule has 0 radical (unpaired) electrons. The molecule has 3 N–H and O–H groups in total. The summed E-state index contributed by atoms with van der Waals surface area (Å²) in [5.41, 5.74) is 9.94. The van der Waals surface area contributed by atoms with E-state index in [1.807, 2.05) is 0 Å². The SMILES string of the molecule is NC(=NCCOC1CCCCCC1)Nc1ccc2c(c1)CCC2. The van der Waals surface area contributed by atoms with Gasteiger partial charge >= 0.3 is 0 Å². The first-order valence-corrected chi connectivity index (χ1v) is 9.11. The van der Waals surface area contributed by atoms with Gasteiger partial charge in [0.25, 0.3) is 0 Å². The van der Waals surface area contributed by atoms with E-state index in [-0.39, 0.29) is 0 Å². The van der Waals surface area contributed by atoms with Crippen molar-refractivity contribution in [3.8, 4) is 0 Å². The highest BCUT2D eigenvalue weighted by Crippen LogP contribution is 2.24. The number of anilines is 1. The van der Waals surface area contributed by atoms with E-state index in [1.165, 1.54) is 68.9 Å². The summed E-state index contributed by atoms with van der Waals surface area (Å²) in [7, 11) is 0. The van der Waals surface area contributed by atoms with Gasteiger partial charge in [0, 0.05) is 5.69 Å². The Hall–Kier alpha value is -1.55. The summed E-state index contributed by atoms with van der Waals surface area (Å²) < 4.78 is 5.93. The van der Waals surface area contributed by atoms with Crippen LogP contribution in [0.4, 0.5) is 5.69 Å². The van der Waals surface area contributed by atoms with Crippen LogP contribution in [-0.2, 0) is 17.6 Å². The van der Waals surface area contributed by atoms with Crippen molar-refractivity contribution in [2.45, 2.75) is 63.9 Å². The summed E-state index contributed by atoms with van der Waals surface area (Å²) in [6, 6.07) is 6.49. The molecule has 0 atom stereocenters. The maximum atomic E-state index is 5.98. The highest BCUT2D eigenvalue weighted by Gasteiger charge is 2.12. The summed E-state index contributed by atoms with van der Waals surface area (Å²) in [4.78, 5) is 4.38. The Kier molecular flexibility index (Phi) is 5.92. The topological polar surface area (TPSA) is 59.6 Å². The van der Waals surface area contributed by atoms with Crippen molar-refractivity contribution in [3.05, 3.63) is 29.3 Å². The van der Waals surface area contributed by atoms with Gasteiger partial charge in [0.05, 0.1) is 19.3 Å². The monoisotopic (exact) mass is 315 g/mol. The molecule has 0 amide bonds. The van der Waals surface area contributed by atoms with E-state index in [0.717, 1.165) is 5.69 Å². The number of nitrogens with one attached hydrogen (secondary N) is 1. The number of guanidine groups is 1. The Balaban J connectivity index is 1.41. The minimum atomic E-state index is 0.429. The average molecular weight is 315 g/mol. The van der Waals surface area contributed by atoms with Crippen molar-refractivity contribution < 1.29 is 4.74 Å². The third-order valence-corrected chi connectivity index (χ3v) is 4.90. The van der Waals surface area contributed by atoms with Gasteiger partial charge in [0.15, 0.2) is 5.96 Å². The Labute approximate surface area is 139 Å². The predicted octanol–water partition coefficient (Wildman–Crippen LogP) is 3.64. The second-order valence-electron chi connectivity index (χ2n) is 6.71. The van der Waals surface area contributed by atoms with Gasteiger partial charge in [-0.1, -0.05) is 31.7 Å². The van der Waals surface area contributed by atoms with Crippen LogP contribution in [0.25, 0.3) is 0 Å². The molecule has 2 aliphatic rings. The van der Waals surface area contributed by atoms with Crippen molar-refractivity contribution in [2.75, 3.05) is 18.5 Å². The van der Waals surface area contributed by atoms with E-state index in [4.69, 9.17) is 10.5 Å². The van der Waals surface area contributed by atoms with Gasteiger partial charge in [-0.05, 0) is 55.4 Å². The number of nitrogens with zero attached hydrogens (tertiary/aromatic N) is 1. The Morgan fingerprint density at radius 2 is 1.87 bits per heavy atom. The number of ether oxygens (including phenoxy) is 1. The van der Waals surface area contributed by atoms with E-state index in [9.17, 15) is 0 Å².